The summed E-state index contributed by atoms with van der Waals surface area (Å²) in [6.07, 6.45) is 0. The third-order valence-electron chi connectivity index (χ3n) is 3.18. The molecule has 1 heterocycles. The molecule has 28 heavy (non-hydrogen) atoms. The number of hydrogen-bond donors (Lipinski definition) is 1. The van der Waals surface area contributed by atoms with Crippen LogP contribution in [0.1, 0.15) is 46.4 Å². The average Bonchev–Trinajstić information content (AvgIpc) is 2.98. The van der Waals surface area contributed by atoms with Crippen molar-refractivity contribution in [3.63, 3.8) is 0 Å². The van der Waals surface area contributed by atoms with Gasteiger partial charge in [-0.05, 0) is 33.3 Å². The third-order valence-corrected chi connectivity index (χ3v) is 4.59. The number of rotatable bonds is 9. The van der Waals surface area contributed by atoms with Crippen LogP contribution in [0, 0.1) is 6.92 Å². The molecule has 0 saturated carbocycles. The van der Waals surface area contributed by atoms with Gasteiger partial charge >= 0.3 is 17.9 Å². The van der Waals surface area contributed by atoms with Crippen LogP contribution in [0.3, 0.4) is 0 Å². The van der Waals surface area contributed by atoms with Crippen LogP contribution in [-0.4, -0.2) is 48.7 Å². The van der Waals surface area contributed by atoms with Crippen molar-refractivity contribution in [3.05, 3.63) is 27.5 Å². The SMILES string of the molecule is CCOC(=O)/C(N=Nc1sc(C(=O)OCC)c(C)c1C(=O)OCC)=C(/O)CCl. The van der Waals surface area contributed by atoms with E-state index in [4.69, 9.17) is 25.8 Å². The minimum Gasteiger partial charge on any atom is -0.508 e. The smallest absolute Gasteiger partial charge is 0.362 e. The molecule has 0 aliphatic carbocycles. The van der Waals surface area contributed by atoms with E-state index in [1.54, 1.807) is 27.7 Å². The molecule has 0 bridgehead atoms. The normalized spacial score (nSPS) is 11.9. The number of hydrogen-bond acceptors (Lipinski definition) is 10. The molecule has 0 spiro atoms. The number of esters is 3. The van der Waals surface area contributed by atoms with Crippen LogP contribution in [0.15, 0.2) is 21.7 Å². The molecule has 154 valence electrons. The quantitative estimate of drug-likeness (QED) is 0.156. The van der Waals surface area contributed by atoms with E-state index < -0.39 is 35.2 Å². The van der Waals surface area contributed by atoms with E-state index in [2.05, 4.69) is 10.2 Å². The molecule has 0 fully saturated rings. The van der Waals surface area contributed by atoms with Crippen LogP contribution < -0.4 is 0 Å². The first kappa shape index (κ1) is 23.6. The largest absolute Gasteiger partial charge is 0.508 e. The fraction of sp³-hybridized carbons (Fsp3) is 0.471. The minimum absolute atomic E-state index is 0.0168. The van der Waals surface area contributed by atoms with Gasteiger partial charge in [-0.3, -0.25) is 0 Å². The highest BCUT2D eigenvalue weighted by Gasteiger charge is 2.27. The van der Waals surface area contributed by atoms with E-state index in [-0.39, 0.29) is 35.3 Å². The molecule has 1 aromatic rings. The van der Waals surface area contributed by atoms with Crippen LogP contribution in [-0.2, 0) is 19.0 Å². The lowest BCUT2D eigenvalue weighted by Gasteiger charge is -2.04. The fourth-order valence-electron chi connectivity index (χ4n) is 1.98. The number of aliphatic hydroxyl groups excluding tert-OH is 1. The molecule has 0 unspecified atom stereocenters. The lowest BCUT2D eigenvalue weighted by atomic mass is 10.1. The van der Waals surface area contributed by atoms with Gasteiger partial charge in [0, 0.05) is 0 Å². The minimum atomic E-state index is -0.930. The molecule has 0 amide bonds. The molecule has 1 rings (SSSR count). The van der Waals surface area contributed by atoms with E-state index in [0.29, 0.717) is 5.56 Å². The summed E-state index contributed by atoms with van der Waals surface area (Å²) in [6.45, 7) is 6.73. The number of halogens is 1. The van der Waals surface area contributed by atoms with Crippen LogP contribution in [0.2, 0.25) is 0 Å². The number of carbonyl (C=O) groups is 3. The molecular weight excluding hydrogens is 412 g/mol. The summed E-state index contributed by atoms with van der Waals surface area (Å²) >= 11 is 6.40. The number of ether oxygens (including phenoxy) is 3. The summed E-state index contributed by atoms with van der Waals surface area (Å²) in [5.41, 5.74) is -0.165. The van der Waals surface area contributed by atoms with Crippen LogP contribution in [0.4, 0.5) is 5.00 Å². The van der Waals surface area contributed by atoms with Gasteiger partial charge in [-0.15, -0.1) is 33.2 Å². The van der Waals surface area contributed by atoms with Gasteiger partial charge in [0.1, 0.15) is 16.2 Å². The molecule has 0 aliphatic heterocycles. The third kappa shape index (κ3) is 5.77. The number of thiophene rings is 1. The molecule has 0 radical (unpaired) electrons. The molecule has 9 nitrogen and oxygen atoms in total. The molecule has 0 aliphatic rings. The zero-order chi connectivity index (χ0) is 21.3. The topological polar surface area (TPSA) is 124 Å². The van der Waals surface area contributed by atoms with Crippen molar-refractivity contribution >= 4 is 45.8 Å². The van der Waals surface area contributed by atoms with E-state index in [9.17, 15) is 19.5 Å². The Kier molecular flexibility index (Phi) is 9.60. The van der Waals surface area contributed by atoms with Crippen LogP contribution in [0.25, 0.3) is 0 Å². The second-order valence-corrected chi connectivity index (χ2v) is 6.29. The highest BCUT2D eigenvalue weighted by Crippen LogP contribution is 2.37. The number of aliphatic hydroxyl groups is 1. The second kappa shape index (κ2) is 11.4. The van der Waals surface area contributed by atoms with Gasteiger partial charge in [0.25, 0.3) is 0 Å². The van der Waals surface area contributed by atoms with Crippen molar-refractivity contribution in [2.24, 2.45) is 10.2 Å². The van der Waals surface area contributed by atoms with Gasteiger partial charge in [-0.1, -0.05) is 0 Å². The maximum atomic E-state index is 12.3. The van der Waals surface area contributed by atoms with E-state index in [0.717, 1.165) is 11.3 Å². The monoisotopic (exact) mass is 432 g/mol. The van der Waals surface area contributed by atoms with Crippen molar-refractivity contribution in [1.82, 2.24) is 0 Å². The standard InChI is InChI=1S/C17H21ClN2O7S/c1-5-25-15(22)11-9(4)13(17(24)27-7-3)28-14(11)20-19-12(10(21)8-18)16(23)26-6-2/h21H,5-8H2,1-4H3/b12-10-,20-19?. The molecular formula is C17H21ClN2O7S. The number of allylic oxidation sites excluding steroid dienone is 1. The first-order valence-corrected chi connectivity index (χ1v) is 9.71. The van der Waals surface area contributed by atoms with Gasteiger partial charge in [0.15, 0.2) is 5.00 Å². The molecule has 1 aromatic heterocycles. The summed E-state index contributed by atoms with van der Waals surface area (Å²) in [5.74, 6) is -3.19. The number of nitrogens with zero attached hydrogens (tertiary/aromatic N) is 2. The number of alkyl halides is 1. The Morgan fingerprint density at radius 2 is 1.61 bits per heavy atom. The average molecular weight is 433 g/mol. The van der Waals surface area contributed by atoms with Crippen LogP contribution in [0.5, 0.6) is 0 Å². The Balaban J connectivity index is 3.46. The maximum Gasteiger partial charge on any atom is 0.362 e. The molecule has 1 N–H and O–H groups in total. The van der Waals surface area contributed by atoms with E-state index >= 15 is 0 Å². The van der Waals surface area contributed by atoms with Crippen LogP contribution >= 0.6 is 22.9 Å². The zero-order valence-corrected chi connectivity index (χ0v) is 17.5. The number of azo groups is 1. The van der Waals surface area contributed by atoms with Gasteiger partial charge in [-0.25, -0.2) is 14.4 Å². The first-order chi connectivity index (χ1) is 13.3. The highest BCUT2D eigenvalue weighted by atomic mass is 35.5. The Bertz CT molecular complexity index is 802. The van der Waals surface area contributed by atoms with E-state index in [1.165, 1.54) is 0 Å². The first-order valence-electron chi connectivity index (χ1n) is 8.36. The van der Waals surface area contributed by atoms with Crippen molar-refractivity contribution < 1.29 is 33.7 Å². The van der Waals surface area contributed by atoms with Crippen molar-refractivity contribution in [1.29, 1.82) is 0 Å². The van der Waals surface area contributed by atoms with Crippen molar-refractivity contribution in [2.75, 3.05) is 25.7 Å². The van der Waals surface area contributed by atoms with Gasteiger partial charge in [0.2, 0.25) is 5.70 Å². The predicted octanol–water partition coefficient (Wildman–Crippen LogP) is 4.07. The molecule has 0 atom stereocenters. The lowest BCUT2D eigenvalue weighted by Crippen LogP contribution is -2.09. The summed E-state index contributed by atoms with van der Waals surface area (Å²) in [5, 5.41) is 17.4. The molecule has 11 heteroatoms. The molecule has 0 aromatic carbocycles. The Morgan fingerprint density at radius 1 is 1.04 bits per heavy atom. The van der Waals surface area contributed by atoms with Crippen molar-refractivity contribution in [3.8, 4) is 0 Å². The highest BCUT2D eigenvalue weighted by molar-refractivity contribution is 7.18. The van der Waals surface area contributed by atoms with Gasteiger partial charge in [-0.2, -0.15) is 0 Å². The summed E-state index contributed by atoms with van der Waals surface area (Å²) in [4.78, 5) is 36.5. The number of carbonyl (C=O) groups excluding carboxylic acids is 3. The lowest BCUT2D eigenvalue weighted by molar-refractivity contribution is -0.138. The zero-order valence-electron chi connectivity index (χ0n) is 15.9. The maximum absolute atomic E-state index is 12.3. The Labute approximate surface area is 170 Å². The Hall–Kier alpha value is -2.46. The fourth-order valence-corrected chi connectivity index (χ4v) is 3.12. The summed E-state index contributed by atoms with van der Waals surface area (Å²) < 4.78 is 14.8. The van der Waals surface area contributed by atoms with E-state index in [1.807, 2.05) is 0 Å². The van der Waals surface area contributed by atoms with Gasteiger partial charge in [0.05, 0.1) is 25.7 Å². The second-order valence-electron chi connectivity index (χ2n) is 5.03. The van der Waals surface area contributed by atoms with Gasteiger partial charge < -0.3 is 19.3 Å². The predicted molar refractivity (Wildman–Crippen MR) is 102 cm³/mol. The summed E-state index contributed by atoms with van der Waals surface area (Å²) in [7, 11) is 0. The van der Waals surface area contributed by atoms with Crippen molar-refractivity contribution in [2.45, 2.75) is 27.7 Å². The summed E-state index contributed by atoms with van der Waals surface area (Å²) in [6, 6.07) is 0. The Morgan fingerprint density at radius 3 is 2.14 bits per heavy atom. The molecule has 0 saturated heterocycles.